The second kappa shape index (κ2) is 9.42. The van der Waals surface area contributed by atoms with E-state index in [1.165, 1.54) is 22.9 Å². The zero-order valence-electron chi connectivity index (χ0n) is 14.6. The van der Waals surface area contributed by atoms with E-state index in [-0.39, 0.29) is 0 Å². The first kappa shape index (κ1) is 18.4. The number of anilines is 1. The van der Waals surface area contributed by atoms with E-state index in [0.29, 0.717) is 6.04 Å². The van der Waals surface area contributed by atoms with Crippen LogP contribution in [0.2, 0.25) is 0 Å². The van der Waals surface area contributed by atoms with Crippen LogP contribution in [0.4, 0.5) is 5.13 Å². The number of rotatable bonds is 10. The normalized spacial score (nSPS) is 11.9. The predicted octanol–water partition coefficient (Wildman–Crippen LogP) is 4.54. The minimum Gasteiger partial charge on any atom is -0.348 e. The molecule has 21 heavy (non-hydrogen) atoms. The number of hydrogen-bond acceptors (Lipinski definition) is 4. The lowest BCUT2D eigenvalue weighted by Gasteiger charge is -2.23. The smallest absolute Gasteiger partial charge is 0.185 e. The molecular formula is C17H33N3S. The minimum atomic E-state index is 0.522. The van der Waals surface area contributed by atoms with Crippen LogP contribution in [0.1, 0.15) is 59.3 Å². The molecule has 0 unspecified atom stereocenters. The van der Waals surface area contributed by atoms with Crippen molar-refractivity contribution in [2.45, 2.75) is 67.0 Å². The van der Waals surface area contributed by atoms with Crippen LogP contribution in [-0.2, 0) is 6.54 Å². The molecule has 0 saturated carbocycles. The molecule has 4 heteroatoms. The van der Waals surface area contributed by atoms with Crippen molar-refractivity contribution in [3.05, 3.63) is 11.1 Å². The lowest BCUT2D eigenvalue weighted by atomic mass is 10.1. The van der Waals surface area contributed by atoms with Crippen LogP contribution in [0, 0.1) is 11.8 Å². The Morgan fingerprint density at radius 3 is 2.10 bits per heavy atom. The molecule has 0 fully saturated rings. The summed E-state index contributed by atoms with van der Waals surface area (Å²) >= 11 is 1.84. The number of thiazole rings is 1. The van der Waals surface area contributed by atoms with Crippen LogP contribution in [0.3, 0.4) is 0 Å². The molecule has 122 valence electrons. The summed E-state index contributed by atoms with van der Waals surface area (Å²) in [5.74, 6) is 1.49. The summed E-state index contributed by atoms with van der Waals surface area (Å²) in [5, 5.41) is 4.66. The highest BCUT2D eigenvalue weighted by Gasteiger charge is 2.12. The molecule has 1 heterocycles. The van der Waals surface area contributed by atoms with Crippen molar-refractivity contribution in [2.24, 2.45) is 11.8 Å². The van der Waals surface area contributed by atoms with Gasteiger partial charge in [-0.15, -0.1) is 11.3 Å². The highest BCUT2D eigenvalue weighted by molar-refractivity contribution is 7.15. The molecule has 0 amide bonds. The maximum Gasteiger partial charge on any atom is 0.185 e. The van der Waals surface area contributed by atoms with Crippen molar-refractivity contribution >= 4 is 16.5 Å². The summed E-state index contributed by atoms with van der Waals surface area (Å²) in [7, 11) is 0. The van der Waals surface area contributed by atoms with Crippen molar-refractivity contribution in [1.29, 1.82) is 0 Å². The molecule has 0 spiro atoms. The number of hydrogen-bond donors (Lipinski definition) is 1. The van der Waals surface area contributed by atoms with Gasteiger partial charge in [-0.25, -0.2) is 4.98 Å². The van der Waals surface area contributed by atoms with Gasteiger partial charge in [0, 0.05) is 36.8 Å². The number of nitrogens with one attached hydrogen (secondary N) is 1. The molecule has 1 N–H and O–H groups in total. The third-order valence-corrected chi connectivity index (χ3v) is 4.51. The average molecular weight is 312 g/mol. The van der Waals surface area contributed by atoms with E-state index in [4.69, 9.17) is 0 Å². The van der Waals surface area contributed by atoms with Crippen LogP contribution in [0.15, 0.2) is 6.20 Å². The van der Waals surface area contributed by atoms with Gasteiger partial charge in [-0.1, -0.05) is 41.5 Å². The second-order valence-electron chi connectivity index (χ2n) is 7.00. The topological polar surface area (TPSA) is 28.2 Å². The van der Waals surface area contributed by atoms with Gasteiger partial charge in [-0.2, -0.15) is 0 Å². The van der Waals surface area contributed by atoms with Gasteiger partial charge in [0.25, 0.3) is 0 Å². The van der Waals surface area contributed by atoms with E-state index < -0.39 is 0 Å². The van der Waals surface area contributed by atoms with Gasteiger partial charge < -0.3 is 10.2 Å². The molecule has 0 radical (unpaired) electrons. The van der Waals surface area contributed by atoms with Crippen LogP contribution in [0.5, 0.6) is 0 Å². The summed E-state index contributed by atoms with van der Waals surface area (Å²) in [6, 6.07) is 0.522. The summed E-state index contributed by atoms with van der Waals surface area (Å²) in [6.45, 7) is 16.7. The fourth-order valence-corrected chi connectivity index (χ4v) is 2.87. The van der Waals surface area contributed by atoms with E-state index >= 15 is 0 Å². The van der Waals surface area contributed by atoms with Crippen LogP contribution >= 0.6 is 11.3 Å². The van der Waals surface area contributed by atoms with Gasteiger partial charge in [0.05, 0.1) is 0 Å². The van der Waals surface area contributed by atoms with Gasteiger partial charge >= 0.3 is 0 Å². The van der Waals surface area contributed by atoms with Crippen LogP contribution in [0.25, 0.3) is 0 Å². The highest BCUT2D eigenvalue weighted by Crippen LogP contribution is 2.24. The first-order valence-electron chi connectivity index (χ1n) is 8.31. The number of aromatic nitrogens is 1. The molecule has 0 bridgehead atoms. The Morgan fingerprint density at radius 1 is 1.05 bits per heavy atom. The maximum atomic E-state index is 4.65. The molecule has 0 saturated heterocycles. The summed E-state index contributed by atoms with van der Waals surface area (Å²) < 4.78 is 0. The van der Waals surface area contributed by atoms with E-state index in [1.807, 2.05) is 17.5 Å². The lowest BCUT2D eigenvalue weighted by Crippen LogP contribution is -2.27. The second-order valence-corrected chi connectivity index (χ2v) is 8.09. The van der Waals surface area contributed by atoms with Crippen LogP contribution < -0.4 is 10.2 Å². The lowest BCUT2D eigenvalue weighted by molar-refractivity contribution is 0.535. The minimum absolute atomic E-state index is 0.522. The Hall–Kier alpha value is -0.610. The first-order chi connectivity index (χ1) is 9.88. The van der Waals surface area contributed by atoms with E-state index in [9.17, 15) is 0 Å². The van der Waals surface area contributed by atoms with Gasteiger partial charge in [0.15, 0.2) is 5.13 Å². The third kappa shape index (κ3) is 7.82. The maximum absolute atomic E-state index is 4.65. The molecular weight excluding hydrogens is 278 g/mol. The summed E-state index contributed by atoms with van der Waals surface area (Å²) in [4.78, 5) is 8.46. The fraction of sp³-hybridized carbons (Fsp3) is 0.824. The number of nitrogens with zero attached hydrogens (tertiary/aromatic N) is 2. The first-order valence-corrected chi connectivity index (χ1v) is 9.13. The Balaban J connectivity index is 2.63. The highest BCUT2D eigenvalue weighted by atomic mass is 32.1. The summed E-state index contributed by atoms with van der Waals surface area (Å²) in [6.07, 6.45) is 4.50. The van der Waals surface area contributed by atoms with Crippen molar-refractivity contribution in [2.75, 3.05) is 18.0 Å². The Morgan fingerprint density at radius 2 is 1.62 bits per heavy atom. The van der Waals surface area contributed by atoms with Crippen molar-refractivity contribution in [3.8, 4) is 0 Å². The zero-order chi connectivity index (χ0) is 15.8. The fourth-order valence-electron chi connectivity index (χ4n) is 1.96. The van der Waals surface area contributed by atoms with Crippen LogP contribution in [-0.4, -0.2) is 24.1 Å². The quantitative estimate of drug-likeness (QED) is 0.687. The molecule has 0 aliphatic rings. The van der Waals surface area contributed by atoms with E-state index in [1.54, 1.807) is 0 Å². The van der Waals surface area contributed by atoms with Crippen molar-refractivity contribution in [3.63, 3.8) is 0 Å². The van der Waals surface area contributed by atoms with E-state index in [2.05, 4.69) is 56.7 Å². The molecule has 3 nitrogen and oxygen atoms in total. The summed E-state index contributed by atoms with van der Waals surface area (Å²) in [5.41, 5.74) is 0. The average Bonchev–Trinajstić information content (AvgIpc) is 2.84. The zero-order valence-corrected chi connectivity index (χ0v) is 15.5. The Kier molecular flexibility index (Phi) is 8.27. The molecule has 0 atom stereocenters. The molecule has 1 rings (SSSR count). The van der Waals surface area contributed by atoms with Crippen molar-refractivity contribution in [1.82, 2.24) is 10.3 Å². The third-order valence-electron chi connectivity index (χ3n) is 3.45. The molecule has 0 aliphatic carbocycles. The predicted molar refractivity (Wildman–Crippen MR) is 95.2 cm³/mol. The van der Waals surface area contributed by atoms with Gasteiger partial charge in [-0.05, 0) is 24.7 Å². The van der Waals surface area contributed by atoms with Gasteiger partial charge in [-0.3, -0.25) is 0 Å². The van der Waals surface area contributed by atoms with Crippen molar-refractivity contribution < 1.29 is 0 Å². The Labute approximate surface area is 135 Å². The monoisotopic (exact) mass is 311 g/mol. The Bertz CT molecular complexity index is 373. The molecule has 0 aliphatic heterocycles. The molecule has 1 aromatic heterocycles. The molecule has 0 aromatic carbocycles. The van der Waals surface area contributed by atoms with E-state index in [0.717, 1.165) is 31.5 Å². The standard InChI is InChI=1S/C17H33N3S/c1-13(2)7-9-20(10-8-14(3)4)17-19-12-16(21-17)11-18-15(5)6/h12-15,18H,7-11H2,1-6H3. The van der Waals surface area contributed by atoms with Gasteiger partial charge in [0.1, 0.15) is 0 Å². The SMILES string of the molecule is CC(C)CCN(CCC(C)C)c1ncc(CNC(C)C)s1. The largest absolute Gasteiger partial charge is 0.348 e. The molecule has 1 aromatic rings. The van der Waals surface area contributed by atoms with Gasteiger partial charge in [0.2, 0.25) is 0 Å².